The largest absolute Gasteiger partial charge is 0.416 e. The van der Waals surface area contributed by atoms with E-state index in [1.54, 1.807) is 4.90 Å². The second kappa shape index (κ2) is 5.83. The summed E-state index contributed by atoms with van der Waals surface area (Å²) in [6, 6.07) is 2.59. The van der Waals surface area contributed by atoms with Gasteiger partial charge in [-0.15, -0.1) is 0 Å². The first-order valence-electron chi connectivity index (χ1n) is 6.80. The zero-order chi connectivity index (χ0) is 15.6. The van der Waals surface area contributed by atoms with E-state index in [2.05, 4.69) is 12.2 Å². The van der Waals surface area contributed by atoms with Crippen LogP contribution >= 0.6 is 0 Å². The molecule has 0 aromatic heterocycles. The van der Waals surface area contributed by atoms with Crippen molar-refractivity contribution in [3.8, 4) is 0 Å². The SMILES string of the molecule is CC1CCN(C(=O)Nc2ccc(C(F)(F)F)cc2N)CC1. The molecule has 1 saturated heterocycles. The van der Waals surface area contributed by atoms with Gasteiger partial charge in [-0.3, -0.25) is 0 Å². The van der Waals surface area contributed by atoms with Crippen LogP contribution in [0.1, 0.15) is 25.3 Å². The molecule has 1 aromatic rings. The molecule has 0 bridgehead atoms. The first kappa shape index (κ1) is 15.5. The average Bonchev–Trinajstić information content (AvgIpc) is 2.40. The lowest BCUT2D eigenvalue weighted by Gasteiger charge is -2.30. The number of rotatable bonds is 1. The first-order valence-corrected chi connectivity index (χ1v) is 6.80. The number of alkyl halides is 3. The monoisotopic (exact) mass is 301 g/mol. The number of likely N-dealkylation sites (tertiary alicyclic amines) is 1. The first-order chi connectivity index (χ1) is 9.77. The fourth-order valence-electron chi connectivity index (χ4n) is 2.26. The van der Waals surface area contributed by atoms with E-state index in [0.29, 0.717) is 19.0 Å². The number of halogens is 3. The summed E-state index contributed by atoms with van der Waals surface area (Å²) in [6.45, 7) is 3.42. The molecule has 0 saturated carbocycles. The summed E-state index contributed by atoms with van der Waals surface area (Å²) in [7, 11) is 0. The number of anilines is 2. The van der Waals surface area contributed by atoms with Crippen molar-refractivity contribution in [2.45, 2.75) is 25.9 Å². The van der Waals surface area contributed by atoms with Crippen LogP contribution in [0.2, 0.25) is 0 Å². The molecule has 1 heterocycles. The Balaban J connectivity index is 2.04. The van der Waals surface area contributed by atoms with Crippen LogP contribution in [0, 0.1) is 5.92 Å². The predicted octanol–water partition coefficient (Wildman–Crippen LogP) is 3.55. The molecule has 0 unspecified atom stereocenters. The quantitative estimate of drug-likeness (QED) is 0.779. The number of urea groups is 1. The van der Waals surface area contributed by atoms with E-state index in [9.17, 15) is 18.0 Å². The van der Waals surface area contributed by atoms with Gasteiger partial charge in [0.15, 0.2) is 0 Å². The number of hydrogen-bond donors (Lipinski definition) is 2. The third-order valence-electron chi connectivity index (χ3n) is 3.69. The molecule has 0 aliphatic carbocycles. The molecular weight excluding hydrogens is 283 g/mol. The van der Waals surface area contributed by atoms with E-state index in [4.69, 9.17) is 5.73 Å². The summed E-state index contributed by atoms with van der Waals surface area (Å²) < 4.78 is 37.6. The van der Waals surface area contributed by atoms with Gasteiger partial charge in [0.25, 0.3) is 0 Å². The molecule has 2 amide bonds. The lowest BCUT2D eigenvalue weighted by molar-refractivity contribution is -0.137. The van der Waals surface area contributed by atoms with Crippen LogP contribution in [0.3, 0.4) is 0 Å². The van der Waals surface area contributed by atoms with Crippen LogP contribution in [0.5, 0.6) is 0 Å². The van der Waals surface area contributed by atoms with Crippen LogP contribution in [0.4, 0.5) is 29.3 Å². The number of piperidine rings is 1. The van der Waals surface area contributed by atoms with Crippen LogP contribution < -0.4 is 11.1 Å². The number of amides is 2. The van der Waals surface area contributed by atoms with Gasteiger partial charge in [0.2, 0.25) is 0 Å². The van der Waals surface area contributed by atoms with Crippen molar-refractivity contribution in [1.29, 1.82) is 0 Å². The Morgan fingerprint density at radius 3 is 2.48 bits per heavy atom. The molecule has 1 fully saturated rings. The number of carbonyl (C=O) groups is 1. The minimum Gasteiger partial charge on any atom is -0.397 e. The molecule has 0 spiro atoms. The molecule has 21 heavy (non-hydrogen) atoms. The Kier molecular flexibility index (Phi) is 4.29. The molecule has 3 N–H and O–H groups in total. The summed E-state index contributed by atoms with van der Waals surface area (Å²) in [6.07, 6.45) is -2.59. The summed E-state index contributed by atoms with van der Waals surface area (Å²) in [5, 5.41) is 2.57. The molecule has 0 atom stereocenters. The van der Waals surface area contributed by atoms with E-state index in [1.807, 2.05) is 0 Å². The molecule has 116 valence electrons. The number of nitrogens with one attached hydrogen (secondary N) is 1. The second-order valence-electron chi connectivity index (χ2n) is 5.40. The molecule has 4 nitrogen and oxygen atoms in total. The summed E-state index contributed by atoms with van der Waals surface area (Å²) >= 11 is 0. The number of nitrogens with zero attached hydrogens (tertiary/aromatic N) is 1. The normalized spacial score (nSPS) is 16.9. The molecule has 1 aliphatic heterocycles. The maximum Gasteiger partial charge on any atom is 0.416 e. The summed E-state index contributed by atoms with van der Waals surface area (Å²) in [5.74, 6) is 0.588. The fraction of sp³-hybridized carbons (Fsp3) is 0.500. The minimum absolute atomic E-state index is 0.0939. The smallest absolute Gasteiger partial charge is 0.397 e. The Morgan fingerprint density at radius 2 is 1.95 bits per heavy atom. The van der Waals surface area contributed by atoms with Crippen molar-refractivity contribution in [3.63, 3.8) is 0 Å². The maximum atomic E-state index is 12.5. The highest BCUT2D eigenvalue weighted by Gasteiger charge is 2.31. The highest BCUT2D eigenvalue weighted by Crippen LogP contribution is 2.33. The third-order valence-corrected chi connectivity index (χ3v) is 3.69. The van der Waals surface area contributed by atoms with E-state index >= 15 is 0 Å². The zero-order valence-corrected chi connectivity index (χ0v) is 11.7. The van der Waals surface area contributed by atoms with Crippen molar-refractivity contribution < 1.29 is 18.0 Å². The average molecular weight is 301 g/mol. The second-order valence-corrected chi connectivity index (χ2v) is 5.40. The lowest BCUT2D eigenvalue weighted by atomic mass is 10.00. The van der Waals surface area contributed by atoms with E-state index < -0.39 is 11.7 Å². The number of nitrogen functional groups attached to an aromatic ring is 1. The number of carbonyl (C=O) groups excluding carboxylic acids is 1. The highest BCUT2D eigenvalue weighted by atomic mass is 19.4. The van der Waals surface area contributed by atoms with Crippen LogP contribution in [0.25, 0.3) is 0 Å². The van der Waals surface area contributed by atoms with Crippen LogP contribution in [-0.4, -0.2) is 24.0 Å². The number of hydrogen-bond acceptors (Lipinski definition) is 2. The van der Waals surface area contributed by atoms with Gasteiger partial charge >= 0.3 is 12.2 Å². The Hall–Kier alpha value is -1.92. The van der Waals surface area contributed by atoms with Gasteiger partial charge in [-0.2, -0.15) is 13.2 Å². The van der Waals surface area contributed by atoms with Crippen molar-refractivity contribution in [3.05, 3.63) is 23.8 Å². The predicted molar refractivity (Wildman–Crippen MR) is 74.8 cm³/mol. The van der Waals surface area contributed by atoms with Gasteiger partial charge in [0, 0.05) is 13.1 Å². The molecule has 7 heteroatoms. The van der Waals surface area contributed by atoms with Crippen LogP contribution in [0.15, 0.2) is 18.2 Å². The van der Waals surface area contributed by atoms with Crippen molar-refractivity contribution in [2.24, 2.45) is 5.92 Å². The number of benzene rings is 1. The molecule has 2 rings (SSSR count). The molecular formula is C14H18F3N3O. The number of nitrogens with two attached hydrogens (primary N) is 1. The zero-order valence-electron chi connectivity index (χ0n) is 11.7. The molecule has 0 radical (unpaired) electrons. The molecule has 1 aliphatic rings. The van der Waals surface area contributed by atoms with Crippen molar-refractivity contribution in [2.75, 3.05) is 24.1 Å². The van der Waals surface area contributed by atoms with E-state index in [1.165, 1.54) is 6.07 Å². The Bertz CT molecular complexity index is 523. The van der Waals surface area contributed by atoms with Gasteiger partial charge in [-0.1, -0.05) is 6.92 Å². The third kappa shape index (κ3) is 3.80. The summed E-state index contributed by atoms with van der Waals surface area (Å²) in [5.41, 5.74) is 4.86. The minimum atomic E-state index is -4.44. The van der Waals surface area contributed by atoms with E-state index in [-0.39, 0.29) is 17.4 Å². The molecule has 1 aromatic carbocycles. The van der Waals surface area contributed by atoms with Crippen molar-refractivity contribution in [1.82, 2.24) is 4.90 Å². The van der Waals surface area contributed by atoms with Crippen LogP contribution in [-0.2, 0) is 6.18 Å². The van der Waals surface area contributed by atoms with Gasteiger partial charge in [0.05, 0.1) is 16.9 Å². The standard InChI is InChI=1S/C14H18F3N3O/c1-9-4-6-20(7-5-9)13(21)19-12-3-2-10(8-11(12)18)14(15,16)17/h2-3,8-9H,4-7,18H2,1H3,(H,19,21). The lowest BCUT2D eigenvalue weighted by Crippen LogP contribution is -2.40. The maximum absolute atomic E-state index is 12.5. The Labute approximate surface area is 121 Å². The Morgan fingerprint density at radius 1 is 1.33 bits per heavy atom. The van der Waals surface area contributed by atoms with E-state index in [0.717, 1.165) is 25.0 Å². The van der Waals surface area contributed by atoms with Gasteiger partial charge in [0.1, 0.15) is 0 Å². The van der Waals surface area contributed by atoms with Gasteiger partial charge in [-0.05, 0) is 37.0 Å². The summed E-state index contributed by atoms with van der Waals surface area (Å²) in [4.78, 5) is 13.7. The fourth-order valence-corrected chi connectivity index (χ4v) is 2.26. The van der Waals surface area contributed by atoms with Gasteiger partial charge < -0.3 is 16.0 Å². The topological polar surface area (TPSA) is 58.4 Å². The highest BCUT2D eigenvalue weighted by molar-refractivity contribution is 5.92. The van der Waals surface area contributed by atoms with Crippen molar-refractivity contribution >= 4 is 17.4 Å². The van der Waals surface area contributed by atoms with Gasteiger partial charge in [-0.25, -0.2) is 4.79 Å².